The number of amides is 2. The zero-order valence-electron chi connectivity index (χ0n) is 11.7. The van der Waals surface area contributed by atoms with Crippen LogP contribution in [0.1, 0.15) is 33.1 Å². The minimum Gasteiger partial charge on any atom is -0.481 e. The predicted molar refractivity (Wildman–Crippen MR) is 71.0 cm³/mol. The van der Waals surface area contributed by atoms with E-state index in [4.69, 9.17) is 9.84 Å². The van der Waals surface area contributed by atoms with Crippen molar-refractivity contribution in [3.63, 3.8) is 0 Å². The molecule has 0 bridgehead atoms. The van der Waals surface area contributed by atoms with Gasteiger partial charge in [-0.15, -0.1) is 0 Å². The first-order valence-electron chi connectivity index (χ1n) is 6.96. The van der Waals surface area contributed by atoms with Crippen molar-refractivity contribution in [2.24, 2.45) is 5.92 Å². The Morgan fingerprint density at radius 1 is 1.32 bits per heavy atom. The summed E-state index contributed by atoms with van der Waals surface area (Å²) in [6.07, 6.45) is 2.73. The fourth-order valence-electron chi connectivity index (χ4n) is 2.22. The van der Waals surface area contributed by atoms with Crippen molar-refractivity contribution in [2.75, 3.05) is 26.3 Å². The van der Waals surface area contributed by atoms with Gasteiger partial charge in [-0.3, -0.25) is 4.79 Å². The number of hydrogen-bond donors (Lipinski definition) is 2. The van der Waals surface area contributed by atoms with Crippen LogP contribution in [0.15, 0.2) is 0 Å². The first kappa shape index (κ1) is 15.8. The lowest BCUT2D eigenvalue weighted by molar-refractivity contribution is -0.142. The number of carbonyl (C=O) groups is 2. The average molecular weight is 272 g/mol. The Bertz CT molecular complexity index is 309. The Labute approximate surface area is 114 Å². The van der Waals surface area contributed by atoms with Crippen LogP contribution in [-0.4, -0.2) is 54.4 Å². The maximum absolute atomic E-state index is 12.1. The van der Waals surface area contributed by atoms with Crippen LogP contribution in [-0.2, 0) is 9.53 Å². The molecule has 1 aliphatic rings. The Hall–Kier alpha value is -1.30. The smallest absolute Gasteiger partial charge is 0.317 e. The van der Waals surface area contributed by atoms with Crippen molar-refractivity contribution >= 4 is 12.0 Å². The number of carboxylic acids is 1. The molecule has 110 valence electrons. The second-order valence-electron chi connectivity index (χ2n) is 4.83. The number of carboxylic acid groups (broad SMARTS) is 1. The Kier molecular flexibility index (Phi) is 6.62. The zero-order valence-corrected chi connectivity index (χ0v) is 11.7. The molecule has 0 aromatic rings. The third kappa shape index (κ3) is 4.38. The molecule has 0 aromatic heterocycles. The van der Waals surface area contributed by atoms with Crippen LogP contribution < -0.4 is 5.32 Å². The summed E-state index contributed by atoms with van der Waals surface area (Å²) in [5, 5.41) is 12.0. The van der Waals surface area contributed by atoms with Gasteiger partial charge in [-0.1, -0.05) is 20.3 Å². The minimum absolute atomic E-state index is 0.183. The number of carbonyl (C=O) groups excluding carboxylic acids is 1. The molecular weight excluding hydrogens is 248 g/mol. The van der Waals surface area contributed by atoms with Gasteiger partial charge in [0.1, 0.15) is 5.92 Å². The maximum atomic E-state index is 12.1. The Morgan fingerprint density at radius 2 is 2.05 bits per heavy atom. The summed E-state index contributed by atoms with van der Waals surface area (Å²) >= 11 is 0. The van der Waals surface area contributed by atoms with E-state index < -0.39 is 11.9 Å². The molecule has 6 nitrogen and oxygen atoms in total. The van der Waals surface area contributed by atoms with Gasteiger partial charge >= 0.3 is 12.0 Å². The summed E-state index contributed by atoms with van der Waals surface area (Å²) in [5.74, 6) is -1.52. The van der Waals surface area contributed by atoms with Crippen LogP contribution in [0.2, 0.25) is 0 Å². The van der Waals surface area contributed by atoms with Gasteiger partial charge in [0, 0.05) is 13.1 Å². The van der Waals surface area contributed by atoms with E-state index in [-0.39, 0.29) is 18.7 Å². The summed E-state index contributed by atoms with van der Waals surface area (Å²) in [6, 6.07) is -0.545. The van der Waals surface area contributed by atoms with Gasteiger partial charge in [0.15, 0.2) is 0 Å². The molecule has 0 saturated carbocycles. The summed E-state index contributed by atoms with van der Waals surface area (Å²) in [6.45, 7) is 5.69. The average Bonchev–Trinajstić information content (AvgIpc) is 2.85. The molecule has 0 radical (unpaired) electrons. The Balaban J connectivity index is 2.64. The predicted octanol–water partition coefficient (Wildman–Crippen LogP) is 1.31. The van der Waals surface area contributed by atoms with E-state index in [2.05, 4.69) is 12.2 Å². The number of hydrogen-bond acceptors (Lipinski definition) is 3. The van der Waals surface area contributed by atoms with Crippen molar-refractivity contribution in [3.05, 3.63) is 0 Å². The van der Waals surface area contributed by atoms with Gasteiger partial charge in [0.05, 0.1) is 19.3 Å². The molecule has 1 fully saturated rings. The summed E-state index contributed by atoms with van der Waals surface area (Å²) in [5.41, 5.74) is 0. The number of nitrogens with one attached hydrogen (secondary N) is 1. The number of aliphatic carboxylic acids is 1. The normalized spacial score (nSPS) is 22.2. The summed E-state index contributed by atoms with van der Waals surface area (Å²) in [7, 11) is 0. The lowest BCUT2D eigenvalue weighted by atomic mass is 10.0. The monoisotopic (exact) mass is 272 g/mol. The van der Waals surface area contributed by atoms with Crippen molar-refractivity contribution in [1.29, 1.82) is 0 Å². The molecule has 0 spiro atoms. The quantitative estimate of drug-likeness (QED) is 0.685. The van der Waals surface area contributed by atoms with Gasteiger partial charge in [-0.05, 0) is 12.8 Å². The number of urea groups is 1. The first-order valence-corrected chi connectivity index (χ1v) is 6.96. The van der Waals surface area contributed by atoms with E-state index in [0.29, 0.717) is 19.7 Å². The topological polar surface area (TPSA) is 78.9 Å². The van der Waals surface area contributed by atoms with Gasteiger partial charge < -0.3 is 20.1 Å². The molecule has 19 heavy (non-hydrogen) atoms. The van der Waals surface area contributed by atoms with Gasteiger partial charge in [-0.2, -0.15) is 0 Å². The van der Waals surface area contributed by atoms with Gasteiger partial charge in [-0.25, -0.2) is 4.79 Å². The molecule has 1 heterocycles. The fraction of sp³-hybridized carbons (Fsp3) is 0.846. The first-order chi connectivity index (χ1) is 9.11. The molecule has 2 amide bonds. The van der Waals surface area contributed by atoms with Crippen molar-refractivity contribution in [2.45, 2.75) is 39.2 Å². The van der Waals surface area contributed by atoms with Crippen molar-refractivity contribution in [1.82, 2.24) is 10.2 Å². The van der Waals surface area contributed by atoms with Crippen molar-refractivity contribution in [3.8, 4) is 0 Å². The highest BCUT2D eigenvalue weighted by molar-refractivity contribution is 5.77. The largest absolute Gasteiger partial charge is 0.481 e. The van der Waals surface area contributed by atoms with Gasteiger partial charge in [0.25, 0.3) is 0 Å². The van der Waals surface area contributed by atoms with Crippen LogP contribution in [0.4, 0.5) is 4.79 Å². The van der Waals surface area contributed by atoms with E-state index in [1.807, 2.05) is 6.92 Å². The van der Waals surface area contributed by atoms with Crippen LogP contribution in [0.25, 0.3) is 0 Å². The SMILES string of the molecule is CCCCNC(=O)N(CCC)C1COCC1C(=O)O. The highest BCUT2D eigenvalue weighted by Gasteiger charge is 2.39. The molecule has 2 atom stereocenters. The molecule has 2 unspecified atom stereocenters. The molecule has 6 heteroatoms. The minimum atomic E-state index is -0.898. The van der Waals surface area contributed by atoms with Crippen LogP contribution >= 0.6 is 0 Å². The molecule has 0 aromatic carbocycles. The Morgan fingerprint density at radius 3 is 2.63 bits per heavy atom. The highest BCUT2D eigenvalue weighted by atomic mass is 16.5. The number of ether oxygens (including phenoxy) is 1. The molecule has 1 rings (SSSR count). The van der Waals surface area contributed by atoms with Crippen LogP contribution in [0, 0.1) is 5.92 Å². The third-order valence-corrected chi connectivity index (χ3v) is 3.30. The molecule has 2 N–H and O–H groups in total. The van der Waals surface area contributed by atoms with Crippen LogP contribution in [0.3, 0.4) is 0 Å². The van der Waals surface area contributed by atoms with Gasteiger partial charge in [0.2, 0.25) is 0 Å². The van der Waals surface area contributed by atoms with Crippen LogP contribution in [0.5, 0.6) is 0 Å². The highest BCUT2D eigenvalue weighted by Crippen LogP contribution is 2.20. The van der Waals surface area contributed by atoms with E-state index >= 15 is 0 Å². The van der Waals surface area contributed by atoms with Crippen molar-refractivity contribution < 1.29 is 19.4 Å². The summed E-state index contributed by atoms with van der Waals surface area (Å²) < 4.78 is 5.23. The van der Waals surface area contributed by atoms with E-state index in [0.717, 1.165) is 19.3 Å². The lowest BCUT2D eigenvalue weighted by Gasteiger charge is -2.30. The molecular formula is C13H24N2O4. The lowest BCUT2D eigenvalue weighted by Crippen LogP contribution is -2.51. The second kappa shape index (κ2) is 7.99. The maximum Gasteiger partial charge on any atom is 0.317 e. The van der Waals surface area contributed by atoms with E-state index in [1.165, 1.54) is 0 Å². The standard InChI is InChI=1S/C13H24N2O4/c1-3-5-6-14-13(18)15(7-4-2)11-9-19-8-10(11)12(16)17/h10-11H,3-9H2,1-2H3,(H,14,18)(H,16,17). The number of nitrogens with zero attached hydrogens (tertiary/aromatic N) is 1. The second-order valence-corrected chi connectivity index (χ2v) is 4.83. The molecule has 0 aliphatic carbocycles. The molecule has 1 saturated heterocycles. The number of unbranched alkanes of at least 4 members (excludes halogenated alkanes) is 1. The molecule has 1 aliphatic heterocycles. The summed E-state index contributed by atoms with van der Waals surface area (Å²) in [4.78, 5) is 24.9. The number of rotatable bonds is 7. The fourth-order valence-corrected chi connectivity index (χ4v) is 2.22. The zero-order chi connectivity index (χ0) is 14.3. The van der Waals surface area contributed by atoms with E-state index in [1.54, 1.807) is 4.90 Å². The third-order valence-electron chi connectivity index (χ3n) is 3.30. The van der Waals surface area contributed by atoms with E-state index in [9.17, 15) is 9.59 Å².